The molecule has 0 saturated heterocycles. The maximum atomic E-state index is 10.1. The predicted molar refractivity (Wildman–Crippen MR) is 131 cm³/mol. The zero-order chi connectivity index (χ0) is 22.7. The Balaban J connectivity index is 1.61. The SMILES string of the molecule is N#CC1(c2cc(N(Cc3ccccc3)Cc3ccccc3)cc(C3(C#N)CCC3)c2)CCC1. The molecule has 0 spiro atoms. The summed E-state index contributed by atoms with van der Waals surface area (Å²) in [6.07, 6.45) is 5.81. The molecule has 0 atom stereocenters. The van der Waals surface area contributed by atoms with Gasteiger partial charge in [0.25, 0.3) is 0 Å². The fourth-order valence-electron chi connectivity index (χ4n) is 5.18. The molecule has 0 aromatic heterocycles. The van der Waals surface area contributed by atoms with Crippen LogP contribution in [0, 0.1) is 22.7 Å². The minimum atomic E-state index is -0.406. The maximum Gasteiger partial charge on any atom is 0.0823 e. The van der Waals surface area contributed by atoms with E-state index in [0.29, 0.717) is 0 Å². The van der Waals surface area contributed by atoms with Crippen molar-refractivity contribution in [2.24, 2.45) is 0 Å². The number of rotatable bonds is 7. The second-order valence-corrected chi connectivity index (χ2v) is 9.69. The molecule has 2 aliphatic carbocycles. The summed E-state index contributed by atoms with van der Waals surface area (Å²) in [5.41, 5.74) is 4.98. The summed E-state index contributed by atoms with van der Waals surface area (Å²) < 4.78 is 0. The molecule has 0 radical (unpaired) electrons. The van der Waals surface area contributed by atoms with Gasteiger partial charge in [-0.3, -0.25) is 0 Å². The molecule has 5 rings (SSSR count). The van der Waals surface area contributed by atoms with Crippen molar-refractivity contribution < 1.29 is 0 Å². The highest BCUT2D eigenvalue weighted by Gasteiger charge is 2.43. The first kappa shape index (κ1) is 21.3. The maximum absolute atomic E-state index is 10.1. The summed E-state index contributed by atoms with van der Waals surface area (Å²) in [5.74, 6) is 0. The van der Waals surface area contributed by atoms with Crippen molar-refractivity contribution in [2.45, 2.75) is 62.4 Å². The largest absolute Gasteiger partial charge is 0.363 e. The van der Waals surface area contributed by atoms with Gasteiger partial charge in [0, 0.05) is 18.8 Å². The summed E-state index contributed by atoms with van der Waals surface area (Å²) >= 11 is 0. The quantitative estimate of drug-likeness (QED) is 0.414. The van der Waals surface area contributed by atoms with Crippen LogP contribution in [-0.2, 0) is 23.9 Å². The lowest BCUT2D eigenvalue weighted by molar-refractivity contribution is 0.313. The molecule has 3 aromatic carbocycles. The summed E-state index contributed by atoms with van der Waals surface area (Å²) in [7, 11) is 0. The van der Waals surface area contributed by atoms with Crippen molar-refractivity contribution in [3.8, 4) is 12.1 Å². The number of hydrogen-bond donors (Lipinski definition) is 0. The Hall–Kier alpha value is -3.56. The summed E-state index contributed by atoms with van der Waals surface area (Å²) in [6.45, 7) is 1.55. The third-order valence-electron chi connectivity index (χ3n) is 7.66. The first-order valence-corrected chi connectivity index (χ1v) is 12.0. The van der Waals surface area contributed by atoms with Gasteiger partial charge in [0.05, 0.1) is 23.0 Å². The zero-order valence-electron chi connectivity index (χ0n) is 19.0. The van der Waals surface area contributed by atoms with Crippen LogP contribution in [0.15, 0.2) is 78.9 Å². The lowest BCUT2D eigenvalue weighted by atomic mass is 9.62. The van der Waals surface area contributed by atoms with E-state index in [9.17, 15) is 10.5 Å². The molecule has 0 N–H and O–H groups in total. The van der Waals surface area contributed by atoms with Gasteiger partial charge in [0.1, 0.15) is 0 Å². The molecule has 0 amide bonds. The van der Waals surface area contributed by atoms with E-state index >= 15 is 0 Å². The molecule has 2 aliphatic rings. The van der Waals surface area contributed by atoms with Crippen LogP contribution in [0.1, 0.15) is 60.8 Å². The van der Waals surface area contributed by atoms with Crippen LogP contribution >= 0.6 is 0 Å². The van der Waals surface area contributed by atoms with E-state index in [0.717, 1.165) is 68.4 Å². The van der Waals surface area contributed by atoms with Crippen molar-refractivity contribution in [1.29, 1.82) is 10.5 Å². The van der Waals surface area contributed by atoms with Crippen molar-refractivity contribution in [1.82, 2.24) is 0 Å². The summed E-state index contributed by atoms with van der Waals surface area (Å²) in [5, 5.41) is 20.2. The fourth-order valence-corrected chi connectivity index (χ4v) is 5.18. The zero-order valence-corrected chi connectivity index (χ0v) is 19.0. The average Bonchev–Trinajstić information content (AvgIpc) is 2.79. The molecular weight excluding hydrogens is 402 g/mol. The topological polar surface area (TPSA) is 50.8 Å². The van der Waals surface area contributed by atoms with Crippen LogP contribution < -0.4 is 4.90 Å². The lowest BCUT2D eigenvalue weighted by Gasteiger charge is -2.40. The lowest BCUT2D eigenvalue weighted by Crippen LogP contribution is -2.36. The van der Waals surface area contributed by atoms with E-state index in [1.807, 2.05) is 12.1 Å². The summed E-state index contributed by atoms with van der Waals surface area (Å²) in [4.78, 5) is 2.39. The molecular formula is C30H29N3. The van der Waals surface area contributed by atoms with Gasteiger partial charge in [-0.2, -0.15) is 10.5 Å². The van der Waals surface area contributed by atoms with Crippen LogP contribution in [-0.4, -0.2) is 0 Å². The number of nitrogens with zero attached hydrogens (tertiary/aromatic N) is 3. The van der Waals surface area contributed by atoms with Crippen LogP contribution in [0.2, 0.25) is 0 Å². The Kier molecular flexibility index (Phi) is 5.65. The minimum Gasteiger partial charge on any atom is -0.363 e. The van der Waals surface area contributed by atoms with Gasteiger partial charge in [0.15, 0.2) is 0 Å². The van der Waals surface area contributed by atoms with Crippen molar-refractivity contribution in [2.75, 3.05) is 4.90 Å². The third-order valence-corrected chi connectivity index (χ3v) is 7.66. The number of nitriles is 2. The van der Waals surface area contributed by atoms with E-state index in [1.54, 1.807) is 0 Å². The molecule has 2 fully saturated rings. The van der Waals surface area contributed by atoms with Crippen LogP contribution in [0.3, 0.4) is 0 Å². The molecule has 0 heterocycles. The molecule has 3 nitrogen and oxygen atoms in total. The fraction of sp³-hybridized carbons (Fsp3) is 0.333. The number of hydrogen-bond acceptors (Lipinski definition) is 3. The standard InChI is InChI=1S/C30H29N3/c31-22-29(13-7-14-29)26-17-27(30(23-32)15-8-16-30)19-28(18-26)33(20-24-9-3-1-4-10-24)21-25-11-5-2-6-12-25/h1-6,9-12,17-19H,7-8,13-16,20-21H2. The van der Waals surface area contributed by atoms with Gasteiger partial charge in [0.2, 0.25) is 0 Å². The van der Waals surface area contributed by atoms with Crippen molar-refractivity contribution >= 4 is 5.69 Å². The molecule has 3 aromatic rings. The van der Waals surface area contributed by atoms with Crippen molar-refractivity contribution in [3.63, 3.8) is 0 Å². The van der Waals surface area contributed by atoms with Gasteiger partial charge in [-0.25, -0.2) is 0 Å². The van der Waals surface area contributed by atoms with Crippen LogP contribution in [0.25, 0.3) is 0 Å². The van der Waals surface area contributed by atoms with Gasteiger partial charge in [-0.15, -0.1) is 0 Å². The molecule has 33 heavy (non-hydrogen) atoms. The highest BCUT2D eigenvalue weighted by atomic mass is 15.1. The Bertz CT molecular complexity index is 1100. The van der Waals surface area contributed by atoms with Gasteiger partial charge in [-0.05, 0) is 72.9 Å². The summed E-state index contributed by atoms with van der Waals surface area (Å²) in [6, 6.07) is 32.9. The molecule has 3 heteroatoms. The molecule has 0 aliphatic heterocycles. The average molecular weight is 432 g/mol. The smallest absolute Gasteiger partial charge is 0.0823 e. The number of anilines is 1. The minimum absolute atomic E-state index is 0.406. The number of benzene rings is 3. The Labute approximate surface area is 196 Å². The van der Waals surface area contributed by atoms with Gasteiger partial charge in [-0.1, -0.05) is 66.7 Å². The predicted octanol–water partition coefficient (Wildman–Crippen LogP) is 6.78. The normalized spacial score (nSPS) is 17.6. The third kappa shape index (κ3) is 4.01. The van der Waals surface area contributed by atoms with E-state index < -0.39 is 10.8 Å². The second-order valence-electron chi connectivity index (χ2n) is 9.69. The Morgan fingerprint density at radius 3 is 1.39 bits per heavy atom. The monoisotopic (exact) mass is 431 g/mol. The van der Waals surface area contributed by atoms with E-state index in [-0.39, 0.29) is 0 Å². The Morgan fingerprint density at radius 1 is 0.636 bits per heavy atom. The molecule has 0 bridgehead atoms. The first-order valence-electron chi connectivity index (χ1n) is 12.0. The second kappa shape index (κ2) is 8.76. The van der Waals surface area contributed by atoms with E-state index in [2.05, 4.69) is 83.8 Å². The molecule has 0 unspecified atom stereocenters. The highest BCUT2D eigenvalue weighted by molar-refractivity contribution is 5.58. The van der Waals surface area contributed by atoms with Crippen LogP contribution in [0.5, 0.6) is 0 Å². The highest BCUT2D eigenvalue weighted by Crippen LogP contribution is 2.49. The van der Waals surface area contributed by atoms with E-state index in [4.69, 9.17) is 0 Å². The first-order chi connectivity index (χ1) is 16.2. The Morgan fingerprint density at radius 2 is 1.06 bits per heavy atom. The van der Waals surface area contributed by atoms with Crippen molar-refractivity contribution in [3.05, 3.63) is 101 Å². The van der Waals surface area contributed by atoms with Gasteiger partial charge < -0.3 is 4.90 Å². The molecule has 2 saturated carbocycles. The van der Waals surface area contributed by atoms with Crippen LogP contribution in [0.4, 0.5) is 5.69 Å². The van der Waals surface area contributed by atoms with E-state index in [1.165, 1.54) is 11.1 Å². The molecule has 164 valence electrons. The van der Waals surface area contributed by atoms with Gasteiger partial charge >= 0.3 is 0 Å².